The van der Waals surface area contributed by atoms with Crippen LogP contribution in [0.5, 0.6) is 0 Å². The van der Waals surface area contributed by atoms with Gasteiger partial charge in [-0.15, -0.1) is 0 Å². The van der Waals surface area contributed by atoms with E-state index in [0.29, 0.717) is 6.54 Å². The third-order valence-corrected chi connectivity index (χ3v) is 3.33. The Kier molecular flexibility index (Phi) is 3.33. The lowest BCUT2D eigenvalue weighted by Crippen LogP contribution is -2.40. The summed E-state index contributed by atoms with van der Waals surface area (Å²) in [5, 5.41) is 3.19. The lowest BCUT2D eigenvalue weighted by Gasteiger charge is -2.32. The van der Waals surface area contributed by atoms with Crippen LogP contribution in [0.4, 0.5) is 11.4 Å². The topological polar surface area (TPSA) is 32.3 Å². The normalized spacial score (nSPS) is 15.3. The molecule has 1 heterocycles. The van der Waals surface area contributed by atoms with E-state index in [1.54, 1.807) is 0 Å². The molecular weight excluding hydrogens is 224 g/mol. The van der Waals surface area contributed by atoms with Crippen LogP contribution in [0.15, 0.2) is 18.2 Å². The quantitative estimate of drug-likeness (QED) is 0.869. The minimum Gasteiger partial charge on any atom is -0.374 e. The zero-order chi connectivity index (χ0) is 13.3. The molecule has 0 aliphatic carbocycles. The molecule has 0 fully saturated rings. The number of carbonyl (C=O) groups is 1. The fraction of sp³-hybridized carbons (Fsp3) is 0.533. The number of amides is 1. The Labute approximate surface area is 109 Å². The molecular formula is C15H22N2O. The molecule has 0 unspecified atom stereocenters. The second kappa shape index (κ2) is 4.63. The van der Waals surface area contributed by atoms with Crippen molar-refractivity contribution in [2.75, 3.05) is 23.3 Å². The maximum absolute atomic E-state index is 12.0. The molecule has 0 saturated carbocycles. The molecule has 1 aliphatic rings. The largest absolute Gasteiger partial charge is 0.374 e. The van der Waals surface area contributed by atoms with E-state index < -0.39 is 0 Å². The van der Waals surface area contributed by atoms with Crippen LogP contribution in [0.25, 0.3) is 0 Å². The Bertz CT molecular complexity index is 460. The third kappa shape index (κ3) is 2.35. The van der Waals surface area contributed by atoms with Gasteiger partial charge in [-0.25, -0.2) is 0 Å². The summed E-state index contributed by atoms with van der Waals surface area (Å²) in [6.45, 7) is 9.87. The van der Waals surface area contributed by atoms with Gasteiger partial charge in [0, 0.05) is 6.54 Å². The van der Waals surface area contributed by atoms with Crippen molar-refractivity contribution in [3.63, 3.8) is 0 Å². The Balaban J connectivity index is 2.45. The molecule has 0 radical (unpaired) electrons. The summed E-state index contributed by atoms with van der Waals surface area (Å²) in [4.78, 5) is 13.9. The third-order valence-electron chi connectivity index (χ3n) is 3.33. The first kappa shape index (κ1) is 12.9. The van der Waals surface area contributed by atoms with Crippen LogP contribution in [0.3, 0.4) is 0 Å². The molecule has 0 bridgehead atoms. The minimum atomic E-state index is 0.105. The Morgan fingerprint density at radius 3 is 2.67 bits per heavy atom. The van der Waals surface area contributed by atoms with Gasteiger partial charge in [0.15, 0.2) is 0 Å². The minimum absolute atomic E-state index is 0.105. The highest BCUT2D eigenvalue weighted by atomic mass is 16.2. The number of nitrogens with zero attached hydrogens (tertiary/aromatic N) is 1. The van der Waals surface area contributed by atoms with Crippen molar-refractivity contribution in [1.29, 1.82) is 0 Å². The van der Waals surface area contributed by atoms with E-state index in [1.807, 2.05) is 4.90 Å². The molecule has 1 N–H and O–H groups in total. The first-order valence-electron chi connectivity index (χ1n) is 6.62. The number of benzene rings is 1. The molecule has 0 saturated heterocycles. The van der Waals surface area contributed by atoms with E-state index in [1.165, 1.54) is 5.56 Å². The summed E-state index contributed by atoms with van der Waals surface area (Å²) in [7, 11) is 0. The zero-order valence-corrected chi connectivity index (χ0v) is 11.7. The molecule has 1 aromatic carbocycles. The van der Waals surface area contributed by atoms with Crippen LogP contribution >= 0.6 is 0 Å². The Hall–Kier alpha value is -1.51. The number of carbonyl (C=O) groups excluding carboxylic acids is 1. The molecule has 2 rings (SSSR count). The predicted octanol–water partition coefficient (Wildman–Crippen LogP) is 3.15. The lowest BCUT2D eigenvalue weighted by atomic mass is 9.86. The average molecular weight is 246 g/mol. The summed E-state index contributed by atoms with van der Waals surface area (Å²) in [5.41, 5.74) is 3.46. The standard InChI is InChI=1S/C15H22N2O/c1-5-8-17-13-9-11(15(2,3)4)6-7-12(13)16-10-14(17)18/h6-7,9,16H,5,8,10H2,1-4H3. The number of anilines is 2. The van der Waals surface area contributed by atoms with Gasteiger partial charge in [-0.1, -0.05) is 33.8 Å². The Morgan fingerprint density at radius 1 is 1.33 bits per heavy atom. The molecule has 0 atom stereocenters. The highest BCUT2D eigenvalue weighted by Crippen LogP contribution is 2.34. The molecule has 1 aliphatic heterocycles. The predicted molar refractivity (Wildman–Crippen MR) is 76.3 cm³/mol. The van der Waals surface area contributed by atoms with Crippen LogP contribution in [0.2, 0.25) is 0 Å². The van der Waals surface area contributed by atoms with Gasteiger partial charge in [-0.3, -0.25) is 4.79 Å². The monoisotopic (exact) mass is 246 g/mol. The van der Waals surface area contributed by atoms with Crippen LogP contribution in [-0.4, -0.2) is 19.0 Å². The summed E-state index contributed by atoms with van der Waals surface area (Å²) in [5.74, 6) is 0.162. The van der Waals surface area contributed by atoms with Crippen molar-refractivity contribution in [3.05, 3.63) is 23.8 Å². The van der Waals surface area contributed by atoms with Crippen molar-refractivity contribution in [1.82, 2.24) is 0 Å². The maximum atomic E-state index is 12.0. The van der Waals surface area contributed by atoms with Crippen LogP contribution in [-0.2, 0) is 10.2 Å². The van der Waals surface area contributed by atoms with Crippen molar-refractivity contribution >= 4 is 17.3 Å². The molecule has 0 spiro atoms. The fourth-order valence-corrected chi connectivity index (χ4v) is 2.24. The second-order valence-corrected chi connectivity index (χ2v) is 5.88. The number of rotatable bonds is 2. The smallest absolute Gasteiger partial charge is 0.246 e. The van der Waals surface area contributed by atoms with E-state index in [2.05, 4.69) is 51.2 Å². The lowest BCUT2D eigenvalue weighted by molar-refractivity contribution is -0.117. The van der Waals surface area contributed by atoms with Crippen LogP contribution in [0, 0.1) is 0 Å². The number of hydrogen-bond donors (Lipinski definition) is 1. The number of hydrogen-bond acceptors (Lipinski definition) is 2. The summed E-state index contributed by atoms with van der Waals surface area (Å²) < 4.78 is 0. The number of fused-ring (bicyclic) bond motifs is 1. The van der Waals surface area contributed by atoms with Crippen molar-refractivity contribution in [3.8, 4) is 0 Å². The van der Waals surface area contributed by atoms with Crippen molar-refractivity contribution in [2.45, 2.75) is 39.5 Å². The van der Waals surface area contributed by atoms with Crippen molar-refractivity contribution in [2.24, 2.45) is 0 Å². The number of nitrogens with one attached hydrogen (secondary N) is 1. The fourth-order valence-electron chi connectivity index (χ4n) is 2.24. The van der Waals surface area contributed by atoms with E-state index in [0.717, 1.165) is 24.3 Å². The summed E-state index contributed by atoms with van der Waals surface area (Å²) in [6, 6.07) is 6.38. The summed E-state index contributed by atoms with van der Waals surface area (Å²) >= 11 is 0. The molecule has 3 nitrogen and oxygen atoms in total. The van der Waals surface area contributed by atoms with Gasteiger partial charge in [0.25, 0.3) is 0 Å². The van der Waals surface area contributed by atoms with Gasteiger partial charge in [-0.2, -0.15) is 0 Å². The molecule has 0 aromatic heterocycles. The van der Waals surface area contributed by atoms with Gasteiger partial charge in [-0.05, 0) is 29.5 Å². The molecule has 18 heavy (non-hydrogen) atoms. The molecule has 98 valence electrons. The van der Waals surface area contributed by atoms with Gasteiger partial charge in [0.2, 0.25) is 5.91 Å². The summed E-state index contributed by atoms with van der Waals surface area (Å²) in [6.07, 6.45) is 0.977. The molecule has 1 amide bonds. The van der Waals surface area contributed by atoms with Gasteiger partial charge in [0.1, 0.15) is 0 Å². The zero-order valence-electron chi connectivity index (χ0n) is 11.7. The Morgan fingerprint density at radius 2 is 2.06 bits per heavy atom. The van der Waals surface area contributed by atoms with Crippen LogP contribution < -0.4 is 10.2 Å². The maximum Gasteiger partial charge on any atom is 0.246 e. The van der Waals surface area contributed by atoms with Crippen molar-refractivity contribution < 1.29 is 4.79 Å². The van der Waals surface area contributed by atoms with Crippen LogP contribution in [0.1, 0.15) is 39.7 Å². The highest BCUT2D eigenvalue weighted by molar-refractivity contribution is 6.02. The van der Waals surface area contributed by atoms with E-state index in [-0.39, 0.29) is 11.3 Å². The van der Waals surface area contributed by atoms with E-state index >= 15 is 0 Å². The molecule has 1 aromatic rings. The SMILES string of the molecule is CCCN1C(=O)CNc2ccc(C(C)(C)C)cc21. The highest BCUT2D eigenvalue weighted by Gasteiger charge is 2.25. The second-order valence-electron chi connectivity index (χ2n) is 5.88. The average Bonchev–Trinajstić information content (AvgIpc) is 2.31. The van der Waals surface area contributed by atoms with Gasteiger partial charge >= 0.3 is 0 Å². The van der Waals surface area contributed by atoms with E-state index in [9.17, 15) is 4.79 Å². The van der Waals surface area contributed by atoms with Gasteiger partial charge < -0.3 is 10.2 Å². The van der Waals surface area contributed by atoms with E-state index in [4.69, 9.17) is 0 Å². The first-order chi connectivity index (χ1) is 8.43. The molecule has 3 heteroatoms. The van der Waals surface area contributed by atoms with Gasteiger partial charge in [0.05, 0.1) is 17.9 Å². The first-order valence-corrected chi connectivity index (χ1v) is 6.62.